The standard InChI is InChI=1S/C13H18BrNO/c1-11(2)10-16-8-7-15-9-12-5-3-4-6-13(12)14/h3-6,15H,1,7-10H2,2H3. The normalized spacial score (nSPS) is 10.4. The van der Waals surface area contributed by atoms with Crippen LogP contribution in [0.4, 0.5) is 0 Å². The van der Waals surface area contributed by atoms with Gasteiger partial charge in [-0.15, -0.1) is 0 Å². The lowest BCUT2D eigenvalue weighted by Gasteiger charge is -2.07. The molecule has 16 heavy (non-hydrogen) atoms. The van der Waals surface area contributed by atoms with Crippen molar-refractivity contribution >= 4 is 15.9 Å². The van der Waals surface area contributed by atoms with Gasteiger partial charge in [-0.1, -0.05) is 46.3 Å². The Hall–Kier alpha value is -0.640. The Balaban J connectivity index is 2.12. The average molecular weight is 284 g/mol. The van der Waals surface area contributed by atoms with Gasteiger partial charge in [0.2, 0.25) is 0 Å². The molecule has 0 saturated heterocycles. The van der Waals surface area contributed by atoms with Crippen molar-refractivity contribution in [3.63, 3.8) is 0 Å². The van der Waals surface area contributed by atoms with Crippen LogP contribution in [0.2, 0.25) is 0 Å². The number of halogens is 1. The fourth-order valence-corrected chi connectivity index (χ4v) is 1.68. The second-order valence-electron chi connectivity index (χ2n) is 3.78. The Kier molecular flexibility index (Phi) is 6.38. The SMILES string of the molecule is C=C(C)COCCNCc1ccccc1Br. The molecule has 0 amide bonds. The van der Waals surface area contributed by atoms with Gasteiger partial charge < -0.3 is 10.1 Å². The molecule has 1 rings (SSSR count). The number of rotatable bonds is 7. The van der Waals surface area contributed by atoms with Crippen molar-refractivity contribution in [2.45, 2.75) is 13.5 Å². The van der Waals surface area contributed by atoms with Crippen molar-refractivity contribution in [3.8, 4) is 0 Å². The zero-order valence-electron chi connectivity index (χ0n) is 9.63. The highest BCUT2D eigenvalue weighted by atomic mass is 79.9. The maximum Gasteiger partial charge on any atom is 0.0672 e. The Morgan fingerprint density at radius 1 is 1.44 bits per heavy atom. The van der Waals surface area contributed by atoms with E-state index in [0.717, 1.165) is 29.7 Å². The van der Waals surface area contributed by atoms with Crippen LogP contribution < -0.4 is 5.32 Å². The maximum absolute atomic E-state index is 5.39. The highest BCUT2D eigenvalue weighted by molar-refractivity contribution is 9.10. The van der Waals surface area contributed by atoms with Crippen molar-refractivity contribution in [1.29, 1.82) is 0 Å². The summed E-state index contributed by atoms with van der Waals surface area (Å²) in [4.78, 5) is 0. The summed E-state index contributed by atoms with van der Waals surface area (Å²) in [5.41, 5.74) is 2.33. The summed E-state index contributed by atoms with van der Waals surface area (Å²) in [6.07, 6.45) is 0. The van der Waals surface area contributed by atoms with E-state index in [-0.39, 0.29) is 0 Å². The van der Waals surface area contributed by atoms with E-state index >= 15 is 0 Å². The van der Waals surface area contributed by atoms with Crippen LogP contribution in [0.15, 0.2) is 40.9 Å². The minimum absolute atomic E-state index is 0.650. The third-order valence-electron chi connectivity index (χ3n) is 2.04. The molecule has 0 bridgehead atoms. The molecule has 0 unspecified atom stereocenters. The zero-order chi connectivity index (χ0) is 11.8. The molecule has 3 heteroatoms. The summed E-state index contributed by atoms with van der Waals surface area (Å²) >= 11 is 3.52. The molecule has 0 atom stereocenters. The molecule has 0 radical (unpaired) electrons. The molecular formula is C13H18BrNO. The van der Waals surface area contributed by atoms with Crippen LogP contribution in [-0.4, -0.2) is 19.8 Å². The van der Waals surface area contributed by atoms with Crippen molar-refractivity contribution in [3.05, 3.63) is 46.5 Å². The van der Waals surface area contributed by atoms with Crippen LogP contribution in [0.1, 0.15) is 12.5 Å². The van der Waals surface area contributed by atoms with Crippen molar-refractivity contribution in [2.24, 2.45) is 0 Å². The summed E-state index contributed by atoms with van der Waals surface area (Å²) in [6, 6.07) is 8.21. The molecule has 1 aromatic carbocycles. The van der Waals surface area contributed by atoms with Gasteiger partial charge in [0.25, 0.3) is 0 Å². The van der Waals surface area contributed by atoms with Crippen molar-refractivity contribution < 1.29 is 4.74 Å². The number of ether oxygens (including phenoxy) is 1. The molecular weight excluding hydrogens is 266 g/mol. The van der Waals surface area contributed by atoms with E-state index in [4.69, 9.17) is 4.74 Å². The van der Waals surface area contributed by atoms with Gasteiger partial charge in [-0.05, 0) is 18.6 Å². The molecule has 0 aliphatic rings. The lowest BCUT2D eigenvalue weighted by molar-refractivity contribution is 0.157. The van der Waals surface area contributed by atoms with Crippen molar-refractivity contribution in [1.82, 2.24) is 5.32 Å². The second kappa shape index (κ2) is 7.60. The fourth-order valence-electron chi connectivity index (χ4n) is 1.26. The van der Waals surface area contributed by atoms with Gasteiger partial charge in [0.15, 0.2) is 0 Å². The van der Waals surface area contributed by atoms with Crippen molar-refractivity contribution in [2.75, 3.05) is 19.8 Å². The van der Waals surface area contributed by atoms with Crippen LogP contribution in [-0.2, 0) is 11.3 Å². The van der Waals surface area contributed by atoms with Crippen LogP contribution in [0.5, 0.6) is 0 Å². The second-order valence-corrected chi connectivity index (χ2v) is 4.63. The molecule has 1 aromatic rings. The Labute approximate surface area is 106 Å². The summed E-state index contributed by atoms with van der Waals surface area (Å²) in [5, 5.41) is 3.33. The van der Waals surface area contributed by atoms with E-state index in [2.05, 4.69) is 40.0 Å². The van der Waals surface area contributed by atoms with Crippen LogP contribution in [0.25, 0.3) is 0 Å². The maximum atomic E-state index is 5.39. The molecule has 0 fully saturated rings. The monoisotopic (exact) mass is 283 g/mol. The largest absolute Gasteiger partial charge is 0.376 e. The summed E-state index contributed by atoms with van der Waals surface area (Å²) in [5.74, 6) is 0. The molecule has 0 heterocycles. The molecule has 0 aliphatic heterocycles. The van der Waals surface area contributed by atoms with E-state index in [1.165, 1.54) is 5.56 Å². The highest BCUT2D eigenvalue weighted by Crippen LogP contribution is 2.14. The third-order valence-corrected chi connectivity index (χ3v) is 2.82. The highest BCUT2D eigenvalue weighted by Gasteiger charge is 1.97. The van der Waals surface area contributed by atoms with Crippen LogP contribution in [0, 0.1) is 0 Å². The van der Waals surface area contributed by atoms with Gasteiger partial charge in [-0.2, -0.15) is 0 Å². The molecule has 0 aliphatic carbocycles. The number of benzene rings is 1. The summed E-state index contributed by atoms with van der Waals surface area (Å²) < 4.78 is 6.53. The Morgan fingerprint density at radius 2 is 2.19 bits per heavy atom. The minimum Gasteiger partial charge on any atom is -0.376 e. The number of nitrogens with one attached hydrogen (secondary N) is 1. The molecule has 0 spiro atoms. The van der Waals surface area contributed by atoms with Gasteiger partial charge >= 0.3 is 0 Å². The summed E-state index contributed by atoms with van der Waals surface area (Å²) in [7, 11) is 0. The molecule has 2 nitrogen and oxygen atoms in total. The number of hydrogen-bond donors (Lipinski definition) is 1. The van der Waals surface area contributed by atoms with Gasteiger partial charge in [-0.3, -0.25) is 0 Å². The first-order chi connectivity index (χ1) is 7.70. The Bertz CT molecular complexity index is 338. The molecule has 88 valence electrons. The van der Waals surface area contributed by atoms with Crippen LogP contribution >= 0.6 is 15.9 Å². The predicted molar refractivity (Wildman–Crippen MR) is 71.5 cm³/mol. The first-order valence-corrected chi connectivity index (χ1v) is 6.15. The van der Waals surface area contributed by atoms with Gasteiger partial charge in [0.1, 0.15) is 0 Å². The lowest BCUT2D eigenvalue weighted by Crippen LogP contribution is -2.19. The van der Waals surface area contributed by atoms with E-state index in [1.807, 2.05) is 19.1 Å². The zero-order valence-corrected chi connectivity index (χ0v) is 11.2. The van der Waals surface area contributed by atoms with Gasteiger partial charge in [0, 0.05) is 17.6 Å². The van der Waals surface area contributed by atoms with Gasteiger partial charge in [0.05, 0.1) is 13.2 Å². The van der Waals surface area contributed by atoms with E-state index < -0.39 is 0 Å². The molecule has 0 saturated carbocycles. The molecule has 0 aromatic heterocycles. The van der Waals surface area contributed by atoms with Gasteiger partial charge in [-0.25, -0.2) is 0 Å². The van der Waals surface area contributed by atoms with E-state index in [0.29, 0.717) is 6.61 Å². The number of hydrogen-bond acceptors (Lipinski definition) is 2. The minimum atomic E-state index is 0.650. The summed E-state index contributed by atoms with van der Waals surface area (Å²) in [6.45, 7) is 8.83. The third kappa shape index (κ3) is 5.45. The first kappa shape index (κ1) is 13.4. The Morgan fingerprint density at radius 3 is 2.88 bits per heavy atom. The van der Waals surface area contributed by atoms with E-state index in [9.17, 15) is 0 Å². The average Bonchev–Trinajstić information content (AvgIpc) is 2.25. The lowest BCUT2D eigenvalue weighted by atomic mass is 10.2. The topological polar surface area (TPSA) is 21.3 Å². The quantitative estimate of drug-likeness (QED) is 0.613. The fraction of sp³-hybridized carbons (Fsp3) is 0.385. The molecule has 1 N–H and O–H groups in total. The predicted octanol–water partition coefficient (Wildman–Crippen LogP) is 3.13. The van der Waals surface area contributed by atoms with E-state index in [1.54, 1.807) is 0 Å². The van der Waals surface area contributed by atoms with Crippen LogP contribution in [0.3, 0.4) is 0 Å². The first-order valence-electron chi connectivity index (χ1n) is 5.36. The smallest absolute Gasteiger partial charge is 0.0672 e.